The van der Waals surface area contributed by atoms with E-state index in [0.29, 0.717) is 5.89 Å². The van der Waals surface area contributed by atoms with Gasteiger partial charge >= 0.3 is 0 Å². The first-order valence-electron chi connectivity index (χ1n) is 17.8. The van der Waals surface area contributed by atoms with Gasteiger partial charge in [0, 0.05) is 39.0 Å². The van der Waals surface area contributed by atoms with E-state index in [1.54, 1.807) is 0 Å². The molecule has 0 aliphatic carbocycles. The zero-order valence-electron chi connectivity index (χ0n) is 28.7. The first kappa shape index (κ1) is 30.6. The van der Waals surface area contributed by atoms with Crippen molar-refractivity contribution < 1.29 is 8.83 Å². The molecular formula is C49H32N2O2. The predicted molar refractivity (Wildman–Crippen MR) is 218 cm³/mol. The zero-order chi connectivity index (χ0) is 35.1. The summed E-state index contributed by atoms with van der Waals surface area (Å²) in [6.45, 7) is 0. The van der Waals surface area contributed by atoms with Crippen LogP contribution < -0.4 is 4.90 Å². The highest BCUT2D eigenvalue weighted by Gasteiger charge is 2.18. The largest absolute Gasteiger partial charge is 0.455 e. The molecule has 0 saturated carbocycles. The minimum atomic E-state index is 0.619. The third kappa shape index (κ3) is 5.54. The van der Waals surface area contributed by atoms with Crippen LogP contribution in [0.2, 0.25) is 0 Å². The first-order chi connectivity index (χ1) is 26.3. The molecule has 0 N–H and O–H groups in total. The van der Waals surface area contributed by atoms with Gasteiger partial charge in [0.2, 0.25) is 5.89 Å². The third-order valence-electron chi connectivity index (χ3n) is 9.94. The van der Waals surface area contributed by atoms with Crippen LogP contribution >= 0.6 is 0 Å². The Balaban J connectivity index is 1.00. The molecule has 0 spiro atoms. The molecule has 8 aromatic carbocycles. The standard InChI is InChI=1S/C49H32N2O2/c1-3-11-33(12-4-1)34-25-29-39(30-26-34)51(38-13-5-2-6-14-38)40-31-27-36(28-32-40)42-16-9-17-43-47-41(15-10-20-46(47)52-48(42)43)35-21-23-37(24-22-35)49-50-44-18-7-8-19-45(44)53-49/h1-32H. The van der Waals surface area contributed by atoms with Crippen LogP contribution in [0.3, 0.4) is 0 Å². The van der Waals surface area contributed by atoms with Gasteiger partial charge in [0.15, 0.2) is 5.58 Å². The van der Waals surface area contributed by atoms with E-state index >= 15 is 0 Å². The first-order valence-corrected chi connectivity index (χ1v) is 17.8. The van der Waals surface area contributed by atoms with Crippen molar-refractivity contribution in [3.05, 3.63) is 194 Å². The zero-order valence-corrected chi connectivity index (χ0v) is 28.7. The molecule has 250 valence electrons. The molecular weight excluding hydrogens is 649 g/mol. The maximum atomic E-state index is 6.66. The second-order valence-electron chi connectivity index (χ2n) is 13.2. The molecule has 0 saturated heterocycles. The fourth-order valence-corrected chi connectivity index (χ4v) is 7.35. The molecule has 4 heteroatoms. The topological polar surface area (TPSA) is 42.4 Å². The smallest absolute Gasteiger partial charge is 0.227 e. The summed E-state index contributed by atoms with van der Waals surface area (Å²) in [5.41, 5.74) is 14.4. The van der Waals surface area contributed by atoms with Gasteiger partial charge in [-0.3, -0.25) is 0 Å². The summed E-state index contributed by atoms with van der Waals surface area (Å²) in [7, 11) is 0. The summed E-state index contributed by atoms with van der Waals surface area (Å²) >= 11 is 0. The highest BCUT2D eigenvalue weighted by Crippen LogP contribution is 2.42. The number of hydrogen-bond acceptors (Lipinski definition) is 4. The van der Waals surface area contributed by atoms with Gasteiger partial charge in [-0.25, -0.2) is 4.98 Å². The van der Waals surface area contributed by atoms with Crippen molar-refractivity contribution in [1.82, 2.24) is 4.98 Å². The third-order valence-corrected chi connectivity index (χ3v) is 9.94. The van der Waals surface area contributed by atoms with Crippen LogP contribution in [0.4, 0.5) is 17.1 Å². The number of para-hydroxylation sites is 4. The van der Waals surface area contributed by atoms with Gasteiger partial charge in [0.1, 0.15) is 16.7 Å². The summed E-state index contributed by atoms with van der Waals surface area (Å²) < 4.78 is 12.7. The summed E-state index contributed by atoms with van der Waals surface area (Å²) in [6.07, 6.45) is 0. The van der Waals surface area contributed by atoms with Gasteiger partial charge in [-0.2, -0.15) is 0 Å². The van der Waals surface area contributed by atoms with E-state index in [2.05, 4.69) is 174 Å². The Morgan fingerprint density at radius 2 is 0.887 bits per heavy atom. The van der Waals surface area contributed by atoms with E-state index in [4.69, 9.17) is 8.83 Å². The number of nitrogens with zero attached hydrogens (tertiary/aromatic N) is 2. The molecule has 0 fully saturated rings. The Morgan fingerprint density at radius 3 is 1.62 bits per heavy atom. The summed E-state index contributed by atoms with van der Waals surface area (Å²) in [5.74, 6) is 0.619. The van der Waals surface area contributed by atoms with Crippen molar-refractivity contribution in [2.24, 2.45) is 0 Å². The highest BCUT2D eigenvalue weighted by molar-refractivity contribution is 6.15. The Kier molecular flexibility index (Phi) is 7.43. The van der Waals surface area contributed by atoms with E-state index < -0.39 is 0 Å². The molecule has 0 unspecified atom stereocenters. The number of furan rings is 1. The summed E-state index contributed by atoms with van der Waals surface area (Å²) in [5, 5.41) is 2.19. The van der Waals surface area contributed by atoms with Crippen LogP contribution in [0.15, 0.2) is 203 Å². The van der Waals surface area contributed by atoms with E-state index in [9.17, 15) is 0 Å². The van der Waals surface area contributed by atoms with Gasteiger partial charge in [-0.15, -0.1) is 0 Å². The van der Waals surface area contributed by atoms with Crippen LogP contribution in [0.5, 0.6) is 0 Å². The molecule has 53 heavy (non-hydrogen) atoms. The second-order valence-corrected chi connectivity index (χ2v) is 13.2. The number of hydrogen-bond donors (Lipinski definition) is 0. The average molecular weight is 681 g/mol. The van der Waals surface area contributed by atoms with Crippen LogP contribution in [-0.2, 0) is 0 Å². The fraction of sp³-hybridized carbons (Fsp3) is 0. The highest BCUT2D eigenvalue weighted by atomic mass is 16.3. The number of rotatable bonds is 7. The minimum Gasteiger partial charge on any atom is -0.455 e. The van der Waals surface area contributed by atoms with E-state index in [-0.39, 0.29) is 0 Å². The van der Waals surface area contributed by atoms with Crippen LogP contribution in [0.25, 0.3) is 77.9 Å². The number of aromatic nitrogens is 1. The molecule has 0 bridgehead atoms. The van der Waals surface area contributed by atoms with Crippen molar-refractivity contribution >= 4 is 50.1 Å². The summed E-state index contributed by atoms with van der Waals surface area (Å²) in [4.78, 5) is 6.98. The lowest BCUT2D eigenvalue weighted by Crippen LogP contribution is -2.09. The number of benzene rings is 8. The minimum absolute atomic E-state index is 0.619. The van der Waals surface area contributed by atoms with Gasteiger partial charge in [0.25, 0.3) is 0 Å². The van der Waals surface area contributed by atoms with Crippen molar-refractivity contribution in [2.75, 3.05) is 4.90 Å². The van der Waals surface area contributed by atoms with Gasteiger partial charge in [-0.05, 0) is 94.5 Å². The second kappa shape index (κ2) is 12.9. The lowest BCUT2D eigenvalue weighted by molar-refractivity contribution is 0.620. The maximum absolute atomic E-state index is 6.66. The molecule has 0 aliphatic rings. The molecule has 10 rings (SSSR count). The summed E-state index contributed by atoms with van der Waals surface area (Å²) in [6, 6.07) is 67.5. The van der Waals surface area contributed by atoms with Crippen molar-refractivity contribution in [1.29, 1.82) is 0 Å². The fourth-order valence-electron chi connectivity index (χ4n) is 7.35. The molecule has 4 nitrogen and oxygen atoms in total. The van der Waals surface area contributed by atoms with Crippen molar-refractivity contribution in [3.8, 4) is 44.8 Å². The Hall–Kier alpha value is -7.17. The lowest BCUT2D eigenvalue weighted by atomic mass is 9.96. The predicted octanol–water partition coefficient (Wildman–Crippen LogP) is 13.9. The number of oxazole rings is 1. The number of anilines is 3. The van der Waals surface area contributed by atoms with E-state index in [0.717, 1.165) is 77.9 Å². The van der Waals surface area contributed by atoms with Gasteiger partial charge in [-0.1, -0.05) is 127 Å². The maximum Gasteiger partial charge on any atom is 0.227 e. The van der Waals surface area contributed by atoms with E-state index in [1.807, 2.05) is 30.3 Å². The lowest BCUT2D eigenvalue weighted by Gasteiger charge is -2.26. The van der Waals surface area contributed by atoms with Crippen LogP contribution in [0, 0.1) is 0 Å². The molecule has 2 aromatic heterocycles. The van der Waals surface area contributed by atoms with Gasteiger partial charge in [0.05, 0.1) is 0 Å². The Bertz CT molecular complexity index is 2820. The molecule has 0 amide bonds. The molecule has 10 aromatic rings. The van der Waals surface area contributed by atoms with Gasteiger partial charge < -0.3 is 13.7 Å². The SMILES string of the molecule is c1ccc(-c2ccc(N(c3ccccc3)c3ccc(-c4cccc5c4oc4cccc(-c6ccc(-c7nc8ccccc8o7)cc6)c45)cc3)cc2)cc1. The Labute approximate surface area is 306 Å². The van der Waals surface area contributed by atoms with Crippen molar-refractivity contribution in [3.63, 3.8) is 0 Å². The average Bonchev–Trinajstić information content (AvgIpc) is 3.85. The molecule has 0 aliphatic heterocycles. The molecule has 0 atom stereocenters. The number of fused-ring (bicyclic) bond motifs is 4. The quantitative estimate of drug-likeness (QED) is 0.168. The van der Waals surface area contributed by atoms with Crippen molar-refractivity contribution in [2.45, 2.75) is 0 Å². The monoisotopic (exact) mass is 680 g/mol. The Morgan fingerprint density at radius 1 is 0.358 bits per heavy atom. The van der Waals surface area contributed by atoms with Crippen LogP contribution in [-0.4, -0.2) is 4.98 Å². The molecule has 2 heterocycles. The normalized spacial score (nSPS) is 11.4. The molecule has 0 radical (unpaired) electrons. The van der Waals surface area contributed by atoms with E-state index in [1.165, 1.54) is 11.1 Å². The van der Waals surface area contributed by atoms with Crippen LogP contribution in [0.1, 0.15) is 0 Å².